The summed E-state index contributed by atoms with van der Waals surface area (Å²) >= 11 is 5.77. The predicted octanol–water partition coefficient (Wildman–Crippen LogP) is 2.47. The van der Waals surface area contributed by atoms with Gasteiger partial charge in [0.1, 0.15) is 5.82 Å². The predicted molar refractivity (Wildman–Crippen MR) is 74.6 cm³/mol. The number of alkyl halides is 2. The van der Waals surface area contributed by atoms with Gasteiger partial charge in [0, 0.05) is 13.6 Å². The Balaban J connectivity index is 3.20. The van der Waals surface area contributed by atoms with E-state index in [1.807, 2.05) is 6.92 Å². The van der Waals surface area contributed by atoms with Crippen LogP contribution in [-0.4, -0.2) is 39.3 Å². The third kappa shape index (κ3) is 4.57. The largest absolute Gasteiger partial charge is 0.313 e. The van der Waals surface area contributed by atoms with Crippen LogP contribution in [0.25, 0.3) is 0 Å². The van der Waals surface area contributed by atoms with Gasteiger partial charge in [-0.3, -0.25) is 0 Å². The van der Waals surface area contributed by atoms with Gasteiger partial charge in [0.25, 0.3) is 6.43 Å². The van der Waals surface area contributed by atoms with Gasteiger partial charge in [-0.1, -0.05) is 18.5 Å². The summed E-state index contributed by atoms with van der Waals surface area (Å²) in [5.41, 5.74) is 0.252. The van der Waals surface area contributed by atoms with E-state index >= 15 is 0 Å². The van der Waals surface area contributed by atoms with Crippen molar-refractivity contribution in [3.05, 3.63) is 28.5 Å². The lowest BCUT2D eigenvalue weighted by Gasteiger charge is -2.18. The molecule has 1 N–H and O–H groups in total. The van der Waals surface area contributed by atoms with Gasteiger partial charge in [0.05, 0.1) is 16.5 Å². The van der Waals surface area contributed by atoms with E-state index < -0.39 is 33.7 Å². The molecule has 1 rings (SSSR count). The second-order valence-corrected chi connectivity index (χ2v) is 6.76. The monoisotopic (exact) mass is 344 g/mol. The molecule has 0 aliphatic rings. The smallest absolute Gasteiger partial charge is 0.252 e. The molecule has 0 aromatic heterocycles. The summed E-state index contributed by atoms with van der Waals surface area (Å²) in [6, 6.07) is 1.92. The Morgan fingerprint density at radius 3 is 2.52 bits per heavy atom. The summed E-state index contributed by atoms with van der Waals surface area (Å²) in [4.78, 5) is -0.402. The molecule has 21 heavy (non-hydrogen) atoms. The van der Waals surface area contributed by atoms with Crippen molar-refractivity contribution in [2.75, 3.05) is 20.1 Å². The van der Waals surface area contributed by atoms with Crippen LogP contribution in [0.5, 0.6) is 0 Å². The van der Waals surface area contributed by atoms with E-state index in [2.05, 4.69) is 5.32 Å². The lowest BCUT2D eigenvalue weighted by atomic mass is 10.2. The Hall–Kier alpha value is -0.830. The van der Waals surface area contributed by atoms with Crippen molar-refractivity contribution in [3.8, 4) is 0 Å². The molecule has 0 spiro atoms. The average molecular weight is 345 g/mol. The van der Waals surface area contributed by atoms with Gasteiger partial charge in [0.15, 0.2) is 0 Å². The highest BCUT2D eigenvalue weighted by Gasteiger charge is 2.25. The number of halogens is 4. The molecule has 0 amide bonds. The Kier molecular flexibility index (Phi) is 6.45. The molecule has 0 heterocycles. The average Bonchev–Trinajstić information content (AvgIpc) is 2.39. The van der Waals surface area contributed by atoms with E-state index in [1.54, 1.807) is 0 Å². The lowest BCUT2D eigenvalue weighted by Crippen LogP contribution is -2.31. The van der Waals surface area contributed by atoms with Gasteiger partial charge >= 0.3 is 0 Å². The van der Waals surface area contributed by atoms with Crippen LogP contribution in [0.1, 0.15) is 12.5 Å². The number of nitrogens with zero attached hydrogens (tertiary/aromatic N) is 1. The maximum absolute atomic E-state index is 13.7. The molecule has 1 aromatic carbocycles. The van der Waals surface area contributed by atoms with Crippen LogP contribution in [-0.2, 0) is 16.6 Å². The molecule has 0 aliphatic heterocycles. The van der Waals surface area contributed by atoms with E-state index in [4.69, 9.17) is 11.6 Å². The number of hydrogen-bond donors (Lipinski definition) is 1. The highest BCUT2D eigenvalue weighted by atomic mass is 35.5. The van der Waals surface area contributed by atoms with Crippen LogP contribution in [0, 0.1) is 5.82 Å². The van der Waals surface area contributed by atoms with E-state index in [9.17, 15) is 21.6 Å². The van der Waals surface area contributed by atoms with Gasteiger partial charge in [-0.2, -0.15) is 4.31 Å². The molecular formula is C12H16ClF3N2O2S. The fourth-order valence-corrected chi connectivity index (χ4v) is 3.02. The zero-order chi connectivity index (χ0) is 16.2. The van der Waals surface area contributed by atoms with Crippen LogP contribution in [0.4, 0.5) is 13.2 Å². The Bertz CT molecular complexity index is 596. The van der Waals surface area contributed by atoms with Crippen molar-refractivity contribution in [2.24, 2.45) is 0 Å². The standard InChI is InChI=1S/C12H16ClF3N2O2S/c1-3-17-6-8-4-9(5-10(14)12(8)13)21(19,20)18(2)7-11(15)16/h4-5,11,17H,3,6-7H2,1-2H3. The molecule has 0 bridgehead atoms. The quantitative estimate of drug-likeness (QED) is 0.826. The highest BCUT2D eigenvalue weighted by Crippen LogP contribution is 2.26. The van der Waals surface area contributed by atoms with E-state index in [0.717, 1.165) is 13.1 Å². The van der Waals surface area contributed by atoms with Crippen molar-refractivity contribution < 1.29 is 21.6 Å². The van der Waals surface area contributed by atoms with Crippen molar-refractivity contribution in [1.29, 1.82) is 0 Å². The van der Waals surface area contributed by atoms with Crippen molar-refractivity contribution >= 4 is 21.6 Å². The van der Waals surface area contributed by atoms with Crippen LogP contribution in [0.3, 0.4) is 0 Å². The Labute approximate surface area is 126 Å². The minimum Gasteiger partial charge on any atom is -0.313 e. The van der Waals surface area contributed by atoms with Gasteiger partial charge in [0.2, 0.25) is 10.0 Å². The zero-order valence-corrected chi connectivity index (χ0v) is 13.1. The molecule has 0 unspecified atom stereocenters. The fourth-order valence-electron chi connectivity index (χ4n) is 1.63. The molecule has 1 aromatic rings. The van der Waals surface area contributed by atoms with Gasteiger partial charge in [-0.25, -0.2) is 21.6 Å². The fraction of sp³-hybridized carbons (Fsp3) is 0.500. The first-order valence-corrected chi connectivity index (χ1v) is 7.95. The third-order valence-corrected chi connectivity index (χ3v) is 4.97. The molecular weight excluding hydrogens is 329 g/mol. The van der Waals surface area contributed by atoms with Crippen molar-refractivity contribution in [2.45, 2.75) is 24.8 Å². The van der Waals surface area contributed by atoms with Crippen molar-refractivity contribution in [3.63, 3.8) is 0 Å². The van der Waals surface area contributed by atoms with Gasteiger partial charge in [-0.05, 0) is 24.2 Å². The minimum atomic E-state index is -4.19. The summed E-state index contributed by atoms with van der Waals surface area (Å²) < 4.78 is 63.1. The van der Waals surface area contributed by atoms with E-state index in [0.29, 0.717) is 10.8 Å². The summed E-state index contributed by atoms with van der Waals surface area (Å²) in [5, 5.41) is 2.70. The van der Waals surface area contributed by atoms with Crippen molar-refractivity contribution in [1.82, 2.24) is 9.62 Å². The summed E-state index contributed by atoms with van der Waals surface area (Å²) in [7, 11) is -3.18. The first kappa shape index (κ1) is 18.2. The Morgan fingerprint density at radius 1 is 1.38 bits per heavy atom. The molecule has 0 fully saturated rings. The zero-order valence-electron chi connectivity index (χ0n) is 11.5. The van der Waals surface area contributed by atoms with Crippen LogP contribution >= 0.6 is 11.6 Å². The molecule has 120 valence electrons. The SMILES string of the molecule is CCNCc1cc(S(=O)(=O)N(C)CC(F)F)cc(F)c1Cl. The normalized spacial score (nSPS) is 12.4. The number of sulfonamides is 1. The number of rotatable bonds is 7. The number of nitrogens with one attached hydrogen (secondary N) is 1. The molecule has 4 nitrogen and oxygen atoms in total. The van der Waals surface area contributed by atoms with Crippen LogP contribution in [0.15, 0.2) is 17.0 Å². The van der Waals surface area contributed by atoms with E-state index in [-0.39, 0.29) is 17.1 Å². The molecule has 9 heteroatoms. The molecule has 0 saturated carbocycles. The second kappa shape index (κ2) is 7.44. The maximum atomic E-state index is 13.7. The number of hydrogen-bond acceptors (Lipinski definition) is 3. The molecule has 0 aliphatic carbocycles. The Morgan fingerprint density at radius 2 is 2.00 bits per heavy atom. The molecule has 0 saturated heterocycles. The van der Waals surface area contributed by atoms with Gasteiger partial charge in [-0.15, -0.1) is 0 Å². The van der Waals surface area contributed by atoms with Crippen LogP contribution in [0.2, 0.25) is 5.02 Å². The van der Waals surface area contributed by atoms with E-state index in [1.165, 1.54) is 6.07 Å². The highest BCUT2D eigenvalue weighted by molar-refractivity contribution is 7.89. The molecule has 0 atom stereocenters. The van der Waals surface area contributed by atoms with Gasteiger partial charge < -0.3 is 5.32 Å². The van der Waals surface area contributed by atoms with Crippen LogP contribution < -0.4 is 5.32 Å². The summed E-state index contributed by atoms with van der Waals surface area (Å²) in [6.07, 6.45) is -2.82. The maximum Gasteiger partial charge on any atom is 0.252 e. The summed E-state index contributed by atoms with van der Waals surface area (Å²) in [5.74, 6) is -0.906. The topological polar surface area (TPSA) is 49.4 Å². The second-order valence-electron chi connectivity index (χ2n) is 4.34. The minimum absolute atomic E-state index is 0.175. The first-order valence-electron chi connectivity index (χ1n) is 6.13. The lowest BCUT2D eigenvalue weighted by molar-refractivity contribution is 0.126. The first-order chi connectivity index (χ1) is 9.70. The molecule has 0 radical (unpaired) electrons. The number of benzene rings is 1. The summed E-state index contributed by atoms with van der Waals surface area (Å²) in [6.45, 7) is 1.62. The third-order valence-electron chi connectivity index (χ3n) is 2.75.